The third kappa shape index (κ3) is 4.23. The van der Waals surface area contributed by atoms with Gasteiger partial charge in [-0.1, -0.05) is 125 Å². The van der Waals surface area contributed by atoms with E-state index < -0.39 is 0 Å². The summed E-state index contributed by atoms with van der Waals surface area (Å²) in [5.41, 5.74) is 15.8. The van der Waals surface area contributed by atoms with Crippen LogP contribution in [0, 0.1) is 0 Å². The molecule has 0 bridgehead atoms. The lowest BCUT2D eigenvalue weighted by Crippen LogP contribution is -2.15. The van der Waals surface area contributed by atoms with E-state index in [9.17, 15) is 0 Å². The van der Waals surface area contributed by atoms with Crippen molar-refractivity contribution in [3.05, 3.63) is 162 Å². The van der Waals surface area contributed by atoms with Crippen LogP contribution in [0.1, 0.15) is 49.9 Å². The van der Waals surface area contributed by atoms with Crippen LogP contribution in [0.15, 0.2) is 148 Å². The van der Waals surface area contributed by atoms with E-state index >= 15 is 0 Å². The predicted octanol–water partition coefficient (Wildman–Crippen LogP) is 13.3. The molecule has 2 aliphatic carbocycles. The summed E-state index contributed by atoms with van der Waals surface area (Å²) in [6, 6.07) is 49.3. The first kappa shape index (κ1) is 31.5. The standard InChI is InChI=1S/C51H35N3O2/c1-50(2)39-17-8-5-12-30(39)31-22-20-28(24-40(31)50)47-52-48(54-49(53-47)36-16-11-15-35-33-13-6-10-19-44(33)56-46(35)36)29-21-23-32-37-26-38-34-14-7-9-18-43(34)55-45(38)27-42(37)51(3,4)41(32)25-29/h5-27H,1-4H3. The highest BCUT2D eigenvalue weighted by Crippen LogP contribution is 2.52. The Morgan fingerprint density at radius 3 is 1.61 bits per heavy atom. The van der Waals surface area contributed by atoms with E-state index in [1.165, 1.54) is 44.5 Å². The van der Waals surface area contributed by atoms with Crippen LogP contribution in [0.25, 0.3) is 100 Å². The van der Waals surface area contributed by atoms with E-state index in [4.69, 9.17) is 23.8 Å². The molecule has 0 amide bonds. The molecule has 3 aromatic heterocycles. The molecule has 0 N–H and O–H groups in total. The molecule has 0 saturated heterocycles. The third-order valence-corrected chi connectivity index (χ3v) is 12.6. The van der Waals surface area contributed by atoms with Crippen molar-refractivity contribution in [3.8, 4) is 56.4 Å². The van der Waals surface area contributed by atoms with Gasteiger partial charge in [0.2, 0.25) is 0 Å². The second kappa shape index (κ2) is 10.9. The van der Waals surface area contributed by atoms with Gasteiger partial charge in [0, 0.05) is 43.5 Å². The van der Waals surface area contributed by atoms with Gasteiger partial charge in [-0.15, -0.1) is 0 Å². The second-order valence-corrected chi connectivity index (χ2v) is 16.4. The molecule has 0 spiro atoms. The average Bonchev–Trinajstić information content (AvgIpc) is 3.92. The Hall–Kier alpha value is -6.85. The molecule has 0 fully saturated rings. The molecule has 3 heterocycles. The van der Waals surface area contributed by atoms with Crippen LogP contribution in [0.5, 0.6) is 0 Å². The highest BCUT2D eigenvalue weighted by molar-refractivity contribution is 6.09. The van der Waals surface area contributed by atoms with Gasteiger partial charge in [0.1, 0.15) is 22.3 Å². The minimum Gasteiger partial charge on any atom is -0.456 e. The summed E-state index contributed by atoms with van der Waals surface area (Å²) in [5.74, 6) is 1.83. The molecule has 0 atom stereocenters. The number of para-hydroxylation sites is 3. The highest BCUT2D eigenvalue weighted by atomic mass is 16.3. The van der Waals surface area contributed by atoms with Crippen molar-refractivity contribution in [2.45, 2.75) is 38.5 Å². The van der Waals surface area contributed by atoms with Crippen LogP contribution in [-0.4, -0.2) is 15.0 Å². The lowest BCUT2D eigenvalue weighted by molar-refractivity contribution is 0.647. The van der Waals surface area contributed by atoms with E-state index in [0.29, 0.717) is 17.5 Å². The summed E-state index contributed by atoms with van der Waals surface area (Å²) >= 11 is 0. The Bertz CT molecular complexity index is 3330. The summed E-state index contributed by atoms with van der Waals surface area (Å²) in [5, 5.41) is 4.38. The van der Waals surface area contributed by atoms with E-state index in [0.717, 1.165) is 60.6 Å². The number of furan rings is 2. The van der Waals surface area contributed by atoms with Gasteiger partial charge in [0.25, 0.3) is 0 Å². The van der Waals surface area contributed by atoms with Gasteiger partial charge < -0.3 is 8.83 Å². The fourth-order valence-electron chi connectivity index (χ4n) is 9.61. The molecule has 0 saturated carbocycles. The topological polar surface area (TPSA) is 65.0 Å². The summed E-state index contributed by atoms with van der Waals surface area (Å²) < 4.78 is 12.9. The van der Waals surface area contributed by atoms with Crippen LogP contribution < -0.4 is 0 Å². The van der Waals surface area contributed by atoms with Crippen LogP contribution in [-0.2, 0) is 10.8 Å². The van der Waals surface area contributed by atoms with Crippen molar-refractivity contribution < 1.29 is 8.83 Å². The Labute approximate surface area is 323 Å². The largest absolute Gasteiger partial charge is 0.456 e. The number of fused-ring (bicyclic) bond motifs is 12. The maximum absolute atomic E-state index is 6.52. The van der Waals surface area contributed by atoms with Gasteiger partial charge in [-0.25, -0.2) is 15.0 Å². The molecular formula is C51H35N3O2. The number of nitrogens with zero attached hydrogens (tertiary/aromatic N) is 3. The molecule has 5 nitrogen and oxygen atoms in total. The first-order valence-electron chi connectivity index (χ1n) is 19.3. The van der Waals surface area contributed by atoms with Crippen molar-refractivity contribution >= 4 is 43.9 Å². The highest BCUT2D eigenvalue weighted by Gasteiger charge is 2.38. The Morgan fingerprint density at radius 2 is 0.875 bits per heavy atom. The molecule has 12 rings (SSSR count). The number of aromatic nitrogens is 3. The molecule has 5 heteroatoms. The van der Waals surface area contributed by atoms with E-state index in [1.807, 2.05) is 30.3 Å². The van der Waals surface area contributed by atoms with Crippen molar-refractivity contribution in [1.29, 1.82) is 0 Å². The van der Waals surface area contributed by atoms with Gasteiger partial charge in [-0.2, -0.15) is 0 Å². The predicted molar refractivity (Wildman–Crippen MR) is 226 cm³/mol. The van der Waals surface area contributed by atoms with Crippen molar-refractivity contribution in [2.75, 3.05) is 0 Å². The number of hydrogen-bond donors (Lipinski definition) is 0. The zero-order valence-electron chi connectivity index (χ0n) is 31.4. The van der Waals surface area contributed by atoms with Crippen molar-refractivity contribution in [3.63, 3.8) is 0 Å². The lowest BCUT2D eigenvalue weighted by atomic mass is 9.81. The van der Waals surface area contributed by atoms with E-state index in [-0.39, 0.29) is 10.8 Å². The van der Waals surface area contributed by atoms with Crippen LogP contribution in [0.4, 0.5) is 0 Å². The Morgan fingerprint density at radius 1 is 0.357 bits per heavy atom. The fourth-order valence-corrected chi connectivity index (χ4v) is 9.61. The van der Waals surface area contributed by atoms with Crippen LogP contribution >= 0.6 is 0 Å². The van der Waals surface area contributed by atoms with Crippen molar-refractivity contribution in [2.24, 2.45) is 0 Å². The first-order valence-corrected chi connectivity index (χ1v) is 19.3. The van der Waals surface area contributed by atoms with Crippen LogP contribution in [0.2, 0.25) is 0 Å². The Balaban J connectivity index is 1.06. The third-order valence-electron chi connectivity index (χ3n) is 12.6. The molecule has 2 aliphatic rings. The van der Waals surface area contributed by atoms with Gasteiger partial charge >= 0.3 is 0 Å². The van der Waals surface area contributed by atoms with Crippen LogP contribution in [0.3, 0.4) is 0 Å². The number of hydrogen-bond acceptors (Lipinski definition) is 5. The van der Waals surface area contributed by atoms with Gasteiger partial charge in [0.05, 0.1) is 5.56 Å². The fraction of sp³-hybridized carbons (Fsp3) is 0.118. The molecule has 0 unspecified atom stereocenters. The maximum atomic E-state index is 6.52. The normalized spacial score (nSPS) is 14.7. The summed E-state index contributed by atoms with van der Waals surface area (Å²) in [7, 11) is 0. The molecule has 0 radical (unpaired) electrons. The van der Waals surface area contributed by atoms with Gasteiger partial charge in [-0.05, 0) is 87.0 Å². The zero-order chi connectivity index (χ0) is 37.5. The Kier molecular flexibility index (Phi) is 6.12. The van der Waals surface area contributed by atoms with Crippen molar-refractivity contribution in [1.82, 2.24) is 15.0 Å². The smallest absolute Gasteiger partial charge is 0.167 e. The maximum Gasteiger partial charge on any atom is 0.167 e. The molecule has 56 heavy (non-hydrogen) atoms. The molecule has 266 valence electrons. The van der Waals surface area contributed by atoms with E-state index in [2.05, 4.69) is 137 Å². The molecular weight excluding hydrogens is 687 g/mol. The summed E-state index contributed by atoms with van der Waals surface area (Å²) in [6.45, 7) is 9.20. The summed E-state index contributed by atoms with van der Waals surface area (Å²) in [4.78, 5) is 15.8. The zero-order valence-corrected chi connectivity index (χ0v) is 31.4. The minimum absolute atomic E-state index is 0.158. The second-order valence-electron chi connectivity index (χ2n) is 16.4. The average molecular weight is 722 g/mol. The number of rotatable bonds is 3. The summed E-state index contributed by atoms with van der Waals surface area (Å²) in [6.07, 6.45) is 0. The molecule has 7 aromatic carbocycles. The lowest BCUT2D eigenvalue weighted by Gasteiger charge is -2.22. The molecule has 0 aliphatic heterocycles. The SMILES string of the molecule is CC1(C)c2ccccc2-c2ccc(-c3nc(-c4ccc5c(c4)C(C)(C)c4cc6oc7ccccc7c6cc4-5)nc(-c4cccc5c4oc4ccccc45)n3)cc21. The van der Waals surface area contributed by atoms with Gasteiger partial charge in [0.15, 0.2) is 17.5 Å². The minimum atomic E-state index is -0.271. The van der Waals surface area contributed by atoms with E-state index in [1.54, 1.807) is 0 Å². The first-order chi connectivity index (χ1) is 27.2. The quantitative estimate of drug-likeness (QED) is 0.182. The number of benzene rings is 7. The van der Waals surface area contributed by atoms with Gasteiger partial charge in [-0.3, -0.25) is 0 Å². The molecule has 10 aromatic rings. The monoisotopic (exact) mass is 721 g/mol.